The Hall–Kier alpha value is -3.53. The number of methoxy groups -OCH3 is 1. The Morgan fingerprint density at radius 3 is 2.66 bits per heavy atom. The van der Waals surface area contributed by atoms with Crippen molar-refractivity contribution in [2.75, 3.05) is 33.3 Å². The molecule has 0 spiro atoms. The summed E-state index contributed by atoms with van der Waals surface area (Å²) in [6, 6.07) is 13.4. The highest BCUT2D eigenvalue weighted by Crippen LogP contribution is 2.29. The standard InChI is InChI=1S/C22H22F2N4O4/c1-30-16-6-4-5-15(13-16)21(29)28-11-9-27(10-12-28)14-19-25-20(26-32-19)17-7-2-3-8-18(17)31-22(23)24/h2-8,13,22H,9-12,14H2,1H3. The highest BCUT2D eigenvalue weighted by Gasteiger charge is 2.24. The number of nitrogens with zero attached hydrogens (tertiary/aromatic N) is 4. The number of benzene rings is 2. The summed E-state index contributed by atoms with van der Waals surface area (Å²) in [4.78, 5) is 21.0. The number of para-hydroxylation sites is 1. The first-order chi connectivity index (χ1) is 15.5. The van der Waals surface area contributed by atoms with Gasteiger partial charge in [-0.2, -0.15) is 13.8 Å². The topological polar surface area (TPSA) is 80.9 Å². The van der Waals surface area contributed by atoms with Crippen LogP contribution in [0.15, 0.2) is 53.1 Å². The summed E-state index contributed by atoms with van der Waals surface area (Å²) in [5.74, 6) is 1.13. The van der Waals surface area contributed by atoms with Gasteiger partial charge in [0.15, 0.2) is 0 Å². The summed E-state index contributed by atoms with van der Waals surface area (Å²) in [6.07, 6.45) is 0. The Morgan fingerprint density at radius 1 is 1.12 bits per heavy atom. The SMILES string of the molecule is COc1cccc(C(=O)N2CCN(Cc3nc(-c4ccccc4OC(F)F)no3)CC2)c1. The molecule has 0 saturated carbocycles. The van der Waals surface area contributed by atoms with Crippen LogP contribution in [-0.2, 0) is 6.54 Å². The van der Waals surface area contributed by atoms with Gasteiger partial charge in [0.25, 0.3) is 5.91 Å². The number of hydrogen-bond donors (Lipinski definition) is 0. The number of rotatable bonds is 7. The molecule has 2 heterocycles. The van der Waals surface area contributed by atoms with Crippen LogP contribution in [0.4, 0.5) is 8.78 Å². The number of hydrogen-bond acceptors (Lipinski definition) is 7. The fourth-order valence-electron chi connectivity index (χ4n) is 3.52. The number of carbonyl (C=O) groups is 1. The van der Waals surface area contributed by atoms with Crippen LogP contribution in [-0.4, -0.2) is 65.7 Å². The molecule has 1 fully saturated rings. The number of carbonyl (C=O) groups excluding carboxylic acids is 1. The predicted molar refractivity (Wildman–Crippen MR) is 111 cm³/mol. The molecule has 1 aliphatic rings. The molecule has 0 bridgehead atoms. The van der Waals surface area contributed by atoms with Crippen LogP contribution >= 0.6 is 0 Å². The van der Waals surface area contributed by atoms with Crippen molar-refractivity contribution in [2.24, 2.45) is 0 Å². The number of amides is 1. The Morgan fingerprint density at radius 2 is 1.91 bits per heavy atom. The van der Waals surface area contributed by atoms with Gasteiger partial charge in [-0.25, -0.2) is 0 Å². The summed E-state index contributed by atoms with van der Waals surface area (Å²) in [5, 5.41) is 3.90. The molecular formula is C22H22F2N4O4. The lowest BCUT2D eigenvalue weighted by Crippen LogP contribution is -2.48. The second-order valence-electron chi connectivity index (χ2n) is 7.19. The van der Waals surface area contributed by atoms with Crippen molar-refractivity contribution in [2.45, 2.75) is 13.2 Å². The molecule has 1 aromatic heterocycles. The molecule has 0 aliphatic carbocycles. The minimum atomic E-state index is -2.95. The van der Waals surface area contributed by atoms with Crippen LogP contribution in [0.25, 0.3) is 11.4 Å². The summed E-state index contributed by atoms with van der Waals surface area (Å²) in [5.41, 5.74) is 0.917. The average Bonchev–Trinajstić information content (AvgIpc) is 3.27. The fraction of sp³-hybridized carbons (Fsp3) is 0.318. The zero-order valence-corrected chi connectivity index (χ0v) is 17.4. The Bertz CT molecular complexity index is 1070. The fourth-order valence-corrected chi connectivity index (χ4v) is 3.52. The van der Waals surface area contributed by atoms with Crippen LogP contribution in [0.1, 0.15) is 16.2 Å². The monoisotopic (exact) mass is 444 g/mol. The lowest BCUT2D eigenvalue weighted by Gasteiger charge is -2.34. The van der Waals surface area contributed by atoms with Gasteiger partial charge in [0.1, 0.15) is 11.5 Å². The van der Waals surface area contributed by atoms with E-state index >= 15 is 0 Å². The number of ether oxygens (including phenoxy) is 2. The number of halogens is 2. The molecule has 2 aromatic carbocycles. The summed E-state index contributed by atoms with van der Waals surface area (Å²) < 4.78 is 40.3. The molecule has 0 N–H and O–H groups in total. The van der Waals surface area contributed by atoms with Crippen LogP contribution < -0.4 is 9.47 Å². The molecule has 1 saturated heterocycles. The quantitative estimate of drug-likeness (QED) is 0.553. The molecule has 0 radical (unpaired) electrons. The summed E-state index contributed by atoms with van der Waals surface area (Å²) in [6.45, 7) is -0.161. The Labute approximate surface area is 183 Å². The van der Waals surface area contributed by atoms with E-state index in [-0.39, 0.29) is 17.5 Å². The van der Waals surface area contributed by atoms with E-state index in [4.69, 9.17) is 9.26 Å². The highest BCUT2D eigenvalue weighted by atomic mass is 19.3. The van der Waals surface area contributed by atoms with E-state index in [1.807, 2.05) is 0 Å². The van der Waals surface area contributed by atoms with Gasteiger partial charge in [-0.15, -0.1) is 0 Å². The molecule has 1 amide bonds. The van der Waals surface area contributed by atoms with E-state index in [1.165, 1.54) is 6.07 Å². The molecule has 3 aromatic rings. The van der Waals surface area contributed by atoms with Crippen molar-refractivity contribution in [1.29, 1.82) is 0 Å². The first kappa shape index (κ1) is 21.7. The second-order valence-corrected chi connectivity index (χ2v) is 7.19. The maximum Gasteiger partial charge on any atom is 0.387 e. The van der Waals surface area contributed by atoms with E-state index in [9.17, 15) is 13.6 Å². The van der Waals surface area contributed by atoms with E-state index in [1.54, 1.807) is 54.5 Å². The zero-order chi connectivity index (χ0) is 22.5. The van der Waals surface area contributed by atoms with Crippen LogP contribution in [0.2, 0.25) is 0 Å². The maximum absolute atomic E-state index is 12.7. The molecule has 10 heteroatoms. The van der Waals surface area contributed by atoms with E-state index < -0.39 is 6.61 Å². The lowest BCUT2D eigenvalue weighted by molar-refractivity contribution is -0.0494. The van der Waals surface area contributed by atoms with Crippen LogP contribution in [0, 0.1) is 0 Å². The average molecular weight is 444 g/mol. The van der Waals surface area contributed by atoms with E-state index in [0.29, 0.717) is 55.5 Å². The van der Waals surface area contributed by atoms with Gasteiger partial charge in [0, 0.05) is 31.7 Å². The molecule has 1 aliphatic heterocycles. The number of aromatic nitrogens is 2. The Kier molecular flexibility index (Phi) is 6.60. The molecule has 8 nitrogen and oxygen atoms in total. The van der Waals surface area contributed by atoms with Gasteiger partial charge < -0.3 is 18.9 Å². The number of piperazine rings is 1. The molecular weight excluding hydrogens is 422 g/mol. The van der Waals surface area contributed by atoms with Crippen LogP contribution in [0.3, 0.4) is 0 Å². The first-order valence-corrected chi connectivity index (χ1v) is 10.1. The minimum absolute atomic E-state index is 0.0143. The second kappa shape index (κ2) is 9.73. The van der Waals surface area contributed by atoms with Gasteiger partial charge in [0.2, 0.25) is 11.7 Å². The third-order valence-corrected chi connectivity index (χ3v) is 5.15. The predicted octanol–water partition coefficient (Wildman–Crippen LogP) is 3.30. The van der Waals surface area contributed by atoms with Gasteiger partial charge in [0.05, 0.1) is 19.2 Å². The normalized spacial score (nSPS) is 14.6. The maximum atomic E-state index is 12.7. The van der Waals surface area contributed by atoms with Crippen molar-refractivity contribution < 1.29 is 27.6 Å². The van der Waals surface area contributed by atoms with E-state index in [0.717, 1.165) is 0 Å². The highest BCUT2D eigenvalue weighted by molar-refractivity contribution is 5.94. The summed E-state index contributed by atoms with van der Waals surface area (Å²) >= 11 is 0. The zero-order valence-electron chi connectivity index (χ0n) is 17.4. The van der Waals surface area contributed by atoms with Gasteiger partial charge in [-0.05, 0) is 30.3 Å². The third kappa shape index (κ3) is 5.02. The van der Waals surface area contributed by atoms with Gasteiger partial charge in [-0.1, -0.05) is 23.4 Å². The molecule has 32 heavy (non-hydrogen) atoms. The van der Waals surface area contributed by atoms with Crippen molar-refractivity contribution in [3.8, 4) is 22.9 Å². The van der Waals surface area contributed by atoms with E-state index in [2.05, 4.69) is 19.8 Å². The molecule has 168 valence electrons. The third-order valence-electron chi connectivity index (χ3n) is 5.15. The Balaban J connectivity index is 1.35. The largest absolute Gasteiger partial charge is 0.497 e. The van der Waals surface area contributed by atoms with Crippen LogP contribution in [0.5, 0.6) is 11.5 Å². The van der Waals surface area contributed by atoms with Gasteiger partial charge >= 0.3 is 6.61 Å². The first-order valence-electron chi connectivity index (χ1n) is 10.1. The minimum Gasteiger partial charge on any atom is -0.497 e. The van der Waals surface area contributed by atoms with Crippen molar-refractivity contribution in [3.63, 3.8) is 0 Å². The smallest absolute Gasteiger partial charge is 0.387 e. The summed E-state index contributed by atoms with van der Waals surface area (Å²) in [7, 11) is 1.57. The number of alkyl halides is 2. The molecule has 0 unspecified atom stereocenters. The molecule has 0 atom stereocenters. The molecule has 4 rings (SSSR count). The van der Waals surface area contributed by atoms with Crippen molar-refractivity contribution in [3.05, 3.63) is 60.0 Å². The van der Waals surface area contributed by atoms with Crippen molar-refractivity contribution >= 4 is 5.91 Å². The lowest BCUT2D eigenvalue weighted by atomic mass is 10.1. The van der Waals surface area contributed by atoms with Gasteiger partial charge in [-0.3, -0.25) is 9.69 Å². The van der Waals surface area contributed by atoms with Crippen molar-refractivity contribution in [1.82, 2.24) is 19.9 Å².